The van der Waals surface area contributed by atoms with E-state index in [2.05, 4.69) is 11.4 Å². The summed E-state index contributed by atoms with van der Waals surface area (Å²) in [5, 5.41) is 22.7. The minimum absolute atomic E-state index is 0.585. The van der Waals surface area contributed by atoms with Crippen molar-refractivity contribution in [2.24, 2.45) is 0 Å². The van der Waals surface area contributed by atoms with Crippen molar-refractivity contribution in [1.82, 2.24) is 5.32 Å². The molecule has 2 rings (SSSR count). The average molecular weight is 202 g/mol. The fraction of sp³-hybridized carbons (Fsp3) is 0.417. The summed E-state index contributed by atoms with van der Waals surface area (Å²) in [4.78, 5) is 0. The van der Waals surface area contributed by atoms with E-state index >= 15 is 0 Å². The highest BCUT2D eigenvalue weighted by molar-refractivity contribution is 5.41. The molecule has 0 spiro atoms. The first-order valence-corrected chi connectivity index (χ1v) is 5.19. The Morgan fingerprint density at radius 2 is 1.93 bits per heavy atom. The molecule has 0 amide bonds. The Balaban J connectivity index is 2.39. The summed E-state index contributed by atoms with van der Waals surface area (Å²) in [6, 6.07) is 9.45. The molecule has 1 aliphatic rings. The predicted molar refractivity (Wildman–Crippen MR) is 57.2 cm³/mol. The highest BCUT2D eigenvalue weighted by Crippen LogP contribution is 2.32. The summed E-state index contributed by atoms with van der Waals surface area (Å²) in [6.45, 7) is 1.60. The van der Waals surface area contributed by atoms with Crippen molar-refractivity contribution in [3.63, 3.8) is 0 Å². The number of hydrogen-bond donors (Lipinski definition) is 2. The van der Waals surface area contributed by atoms with Gasteiger partial charge in [-0.1, -0.05) is 18.2 Å². The second-order valence-corrected chi connectivity index (χ2v) is 3.94. The van der Waals surface area contributed by atoms with E-state index in [9.17, 15) is 5.11 Å². The molecule has 1 aliphatic heterocycles. The molecule has 0 bridgehead atoms. The predicted octanol–water partition coefficient (Wildman–Crippen LogP) is 1.13. The van der Waals surface area contributed by atoms with Crippen molar-refractivity contribution in [2.45, 2.75) is 18.4 Å². The Labute approximate surface area is 89.4 Å². The maximum atomic E-state index is 10.5. The van der Waals surface area contributed by atoms with Gasteiger partial charge in [0, 0.05) is 5.56 Å². The number of piperidine rings is 1. The first-order chi connectivity index (χ1) is 7.26. The molecule has 1 fully saturated rings. The van der Waals surface area contributed by atoms with Crippen molar-refractivity contribution in [1.29, 1.82) is 5.26 Å². The molecule has 0 atom stereocenters. The van der Waals surface area contributed by atoms with Crippen molar-refractivity contribution >= 4 is 0 Å². The van der Waals surface area contributed by atoms with E-state index in [0.717, 1.165) is 18.7 Å². The average Bonchev–Trinajstić information content (AvgIpc) is 2.30. The lowest BCUT2D eigenvalue weighted by Crippen LogP contribution is -2.40. The number of hydrogen-bond acceptors (Lipinski definition) is 3. The van der Waals surface area contributed by atoms with Gasteiger partial charge in [0.15, 0.2) is 0 Å². The molecule has 0 aromatic heterocycles. The number of rotatable bonds is 1. The molecule has 3 heteroatoms. The van der Waals surface area contributed by atoms with Gasteiger partial charge >= 0.3 is 0 Å². The summed E-state index contributed by atoms with van der Waals surface area (Å²) in [5.41, 5.74) is 0.535. The third-order valence-electron chi connectivity index (χ3n) is 2.98. The summed E-state index contributed by atoms with van der Waals surface area (Å²) >= 11 is 0. The molecule has 78 valence electrons. The van der Waals surface area contributed by atoms with Crippen molar-refractivity contribution in [3.8, 4) is 6.07 Å². The molecule has 0 aliphatic carbocycles. The third kappa shape index (κ3) is 1.87. The molecule has 1 saturated heterocycles. The van der Waals surface area contributed by atoms with E-state index in [1.54, 1.807) is 6.07 Å². The van der Waals surface area contributed by atoms with E-state index < -0.39 is 5.60 Å². The van der Waals surface area contributed by atoms with E-state index in [4.69, 9.17) is 5.26 Å². The van der Waals surface area contributed by atoms with Crippen LogP contribution >= 0.6 is 0 Å². The molecular formula is C12H14N2O. The molecule has 1 aromatic carbocycles. The van der Waals surface area contributed by atoms with Crippen LogP contribution in [-0.4, -0.2) is 18.2 Å². The van der Waals surface area contributed by atoms with Gasteiger partial charge in [0.25, 0.3) is 0 Å². The zero-order valence-electron chi connectivity index (χ0n) is 8.53. The quantitative estimate of drug-likeness (QED) is 0.717. The van der Waals surface area contributed by atoms with Crippen LogP contribution in [0.1, 0.15) is 24.0 Å². The van der Waals surface area contributed by atoms with E-state index in [1.807, 2.05) is 18.2 Å². The topological polar surface area (TPSA) is 56.0 Å². The van der Waals surface area contributed by atoms with E-state index in [0.29, 0.717) is 18.4 Å². The lowest BCUT2D eigenvalue weighted by molar-refractivity contribution is 0.00570. The van der Waals surface area contributed by atoms with Crippen LogP contribution in [0, 0.1) is 11.3 Å². The molecular weight excluding hydrogens is 188 g/mol. The SMILES string of the molecule is N#Cc1ccccc1C1(O)CCNCC1. The maximum absolute atomic E-state index is 10.5. The second kappa shape index (κ2) is 4.01. The smallest absolute Gasteiger partial charge is 0.0995 e. The minimum Gasteiger partial charge on any atom is -0.385 e. The van der Waals surface area contributed by atoms with Crippen LogP contribution in [0.4, 0.5) is 0 Å². The Bertz CT molecular complexity index is 389. The lowest BCUT2D eigenvalue weighted by Gasteiger charge is -2.33. The van der Waals surface area contributed by atoms with Crippen LogP contribution in [0.25, 0.3) is 0 Å². The fourth-order valence-electron chi connectivity index (χ4n) is 2.10. The molecule has 1 aromatic rings. The van der Waals surface area contributed by atoms with Crippen LogP contribution in [0.2, 0.25) is 0 Å². The van der Waals surface area contributed by atoms with Crippen LogP contribution in [0.3, 0.4) is 0 Å². The van der Waals surface area contributed by atoms with Gasteiger partial charge in [0.2, 0.25) is 0 Å². The summed E-state index contributed by atoms with van der Waals surface area (Å²) < 4.78 is 0. The zero-order chi connectivity index (χ0) is 10.7. The summed E-state index contributed by atoms with van der Waals surface area (Å²) in [6.07, 6.45) is 1.34. The molecule has 2 N–H and O–H groups in total. The van der Waals surface area contributed by atoms with Gasteiger partial charge in [0.1, 0.15) is 0 Å². The summed E-state index contributed by atoms with van der Waals surface area (Å²) in [5.74, 6) is 0. The van der Waals surface area contributed by atoms with Crippen molar-refractivity contribution in [3.05, 3.63) is 35.4 Å². The zero-order valence-corrected chi connectivity index (χ0v) is 8.53. The minimum atomic E-state index is -0.822. The number of nitriles is 1. The van der Waals surface area contributed by atoms with E-state index in [1.165, 1.54) is 0 Å². The van der Waals surface area contributed by atoms with Crippen molar-refractivity contribution in [2.75, 3.05) is 13.1 Å². The number of nitrogens with one attached hydrogen (secondary N) is 1. The molecule has 15 heavy (non-hydrogen) atoms. The number of aliphatic hydroxyl groups is 1. The summed E-state index contributed by atoms with van der Waals surface area (Å²) in [7, 11) is 0. The van der Waals surface area contributed by atoms with Gasteiger partial charge in [-0.2, -0.15) is 5.26 Å². The molecule has 0 radical (unpaired) electrons. The van der Waals surface area contributed by atoms with Crippen LogP contribution in [-0.2, 0) is 5.60 Å². The standard InChI is InChI=1S/C12H14N2O/c13-9-10-3-1-2-4-11(10)12(15)5-7-14-8-6-12/h1-4,14-15H,5-8H2. The van der Waals surface area contributed by atoms with Gasteiger partial charge in [-0.25, -0.2) is 0 Å². The lowest BCUT2D eigenvalue weighted by atomic mass is 9.83. The first-order valence-electron chi connectivity index (χ1n) is 5.19. The van der Waals surface area contributed by atoms with Gasteiger partial charge in [0.05, 0.1) is 17.2 Å². The highest BCUT2D eigenvalue weighted by Gasteiger charge is 2.32. The van der Waals surface area contributed by atoms with Crippen molar-refractivity contribution < 1.29 is 5.11 Å². The van der Waals surface area contributed by atoms with Gasteiger partial charge in [-0.05, 0) is 32.0 Å². The molecule has 1 heterocycles. The number of benzene rings is 1. The Hall–Kier alpha value is -1.37. The van der Waals surface area contributed by atoms with Gasteiger partial charge < -0.3 is 10.4 Å². The third-order valence-corrected chi connectivity index (χ3v) is 2.98. The van der Waals surface area contributed by atoms with Gasteiger partial charge in [-0.15, -0.1) is 0 Å². The fourth-order valence-corrected chi connectivity index (χ4v) is 2.10. The Morgan fingerprint density at radius 1 is 1.27 bits per heavy atom. The van der Waals surface area contributed by atoms with Gasteiger partial charge in [-0.3, -0.25) is 0 Å². The normalized spacial score (nSPS) is 19.5. The molecule has 3 nitrogen and oxygen atoms in total. The maximum Gasteiger partial charge on any atom is 0.0995 e. The molecule has 0 unspecified atom stereocenters. The number of nitrogens with zero attached hydrogens (tertiary/aromatic N) is 1. The van der Waals surface area contributed by atoms with Crippen LogP contribution in [0.5, 0.6) is 0 Å². The Kier molecular flexibility index (Phi) is 2.72. The largest absolute Gasteiger partial charge is 0.385 e. The second-order valence-electron chi connectivity index (χ2n) is 3.94. The van der Waals surface area contributed by atoms with Crippen LogP contribution in [0.15, 0.2) is 24.3 Å². The Morgan fingerprint density at radius 3 is 2.60 bits per heavy atom. The molecule has 0 saturated carbocycles. The highest BCUT2D eigenvalue weighted by atomic mass is 16.3. The monoisotopic (exact) mass is 202 g/mol. The first kappa shape index (κ1) is 10.2. The van der Waals surface area contributed by atoms with Crippen LogP contribution < -0.4 is 5.32 Å². The van der Waals surface area contributed by atoms with E-state index in [-0.39, 0.29) is 0 Å².